The number of pyridine rings is 1. The van der Waals surface area contributed by atoms with Crippen LogP contribution in [-0.4, -0.2) is 55.8 Å². The number of amides is 1. The van der Waals surface area contributed by atoms with Crippen LogP contribution in [0, 0.1) is 13.8 Å². The summed E-state index contributed by atoms with van der Waals surface area (Å²) in [4.78, 5) is 24.9. The van der Waals surface area contributed by atoms with E-state index in [1.54, 1.807) is 0 Å². The Morgan fingerprint density at radius 3 is 2.41 bits per heavy atom. The fourth-order valence-electron chi connectivity index (χ4n) is 3.39. The van der Waals surface area contributed by atoms with Gasteiger partial charge in [0.25, 0.3) is 5.91 Å². The molecule has 0 atom stereocenters. The van der Waals surface area contributed by atoms with Crippen LogP contribution in [0.1, 0.15) is 46.6 Å². The lowest BCUT2D eigenvalue weighted by molar-refractivity contribution is 0.102. The zero-order valence-electron chi connectivity index (χ0n) is 17.4. The van der Waals surface area contributed by atoms with Gasteiger partial charge >= 0.3 is 0 Å². The molecule has 1 N–H and O–H groups in total. The Bertz CT molecular complexity index is 991. The van der Waals surface area contributed by atoms with Crippen molar-refractivity contribution >= 4 is 38.2 Å². The molecule has 3 rings (SSSR count). The second-order valence-electron chi connectivity index (χ2n) is 7.49. The van der Waals surface area contributed by atoms with E-state index in [1.807, 2.05) is 25.8 Å². The third kappa shape index (κ3) is 4.44. The maximum atomic E-state index is 13.1. The molecule has 1 amide bonds. The Kier molecular flexibility index (Phi) is 6.25. The summed E-state index contributed by atoms with van der Waals surface area (Å²) in [5.41, 5.74) is 1.09. The van der Waals surface area contributed by atoms with E-state index in [0.717, 1.165) is 40.6 Å². The van der Waals surface area contributed by atoms with E-state index >= 15 is 0 Å². The van der Waals surface area contributed by atoms with E-state index in [0.29, 0.717) is 10.9 Å². The molecule has 0 aliphatic heterocycles. The molecule has 0 bridgehead atoms. The number of aromatic nitrogens is 2. The number of thiazole rings is 1. The summed E-state index contributed by atoms with van der Waals surface area (Å²) >= 11 is 1.39. The van der Waals surface area contributed by atoms with Crippen molar-refractivity contribution in [2.24, 2.45) is 0 Å². The van der Waals surface area contributed by atoms with Crippen LogP contribution in [0.2, 0.25) is 0 Å². The SMILES string of the molecule is Cc1nc(NC(=O)c2cc(S(=O)(=O)N(C)C)cnc2N(C)C2CCCC2)sc1C. The normalized spacial score (nSPS) is 15.1. The topological polar surface area (TPSA) is 95.5 Å². The predicted octanol–water partition coefficient (Wildman–Crippen LogP) is 3.04. The lowest BCUT2D eigenvalue weighted by Gasteiger charge is -2.27. The van der Waals surface area contributed by atoms with Crippen LogP contribution in [0.5, 0.6) is 0 Å². The fraction of sp³-hybridized carbons (Fsp3) is 0.526. The van der Waals surface area contributed by atoms with Gasteiger partial charge in [-0.1, -0.05) is 12.8 Å². The summed E-state index contributed by atoms with van der Waals surface area (Å²) in [5.74, 6) is 0.0685. The van der Waals surface area contributed by atoms with Crippen molar-refractivity contribution in [2.45, 2.75) is 50.5 Å². The quantitative estimate of drug-likeness (QED) is 0.746. The third-order valence-corrected chi connectivity index (χ3v) is 8.09. The molecule has 8 nitrogen and oxygen atoms in total. The number of anilines is 2. The highest BCUT2D eigenvalue weighted by molar-refractivity contribution is 7.89. The van der Waals surface area contributed by atoms with Crippen LogP contribution in [0.4, 0.5) is 10.9 Å². The zero-order valence-corrected chi connectivity index (χ0v) is 19.0. The number of aryl methyl sites for hydroxylation is 2. The number of nitrogens with zero attached hydrogens (tertiary/aromatic N) is 4. The van der Waals surface area contributed by atoms with Crippen LogP contribution < -0.4 is 10.2 Å². The molecule has 0 saturated heterocycles. The van der Waals surface area contributed by atoms with E-state index in [1.165, 1.54) is 37.7 Å². The molecule has 1 saturated carbocycles. The highest BCUT2D eigenvalue weighted by atomic mass is 32.2. The maximum absolute atomic E-state index is 13.1. The van der Waals surface area contributed by atoms with Crippen LogP contribution in [0.15, 0.2) is 17.2 Å². The smallest absolute Gasteiger partial charge is 0.261 e. The summed E-state index contributed by atoms with van der Waals surface area (Å²) in [6.07, 6.45) is 5.66. The van der Waals surface area contributed by atoms with Gasteiger partial charge in [0.2, 0.25) is 10.0 Å². The molecular formula is C19H27N5O3S2. The largest absolute Gasteiger partial charge is 0.356 e. The lowest BCUT2D eigenvalue weighted by Crippen LogP contribution is -2.32. The first-order valence-corrected chi connectivity index (χ1v) is 11.8. The fourth-order valence-corrected chi connectivity index (χ4v) is 5.08. The molecule has 2 heterocycles. The number of sulfonamides is 1. The Labute approximate surface area is 176 Å². The summed E-state index contributed by atoms with van der Waals surface area (Å²) in [5, 5.41) is 3.29. The number of hydrogen-bond donors (Lipinski definition) is 1. The van der Waals surface area contributed by atoms with Gasteiger partial charge in [0.1, 0.15) is 10.7 Å². The maximum Gasteiger partial charge on any atom is 0.261 e. The van der Waals surface area contributed by atoms with Crippen LogP contribution in [0.3, 0.4) is 0 Å². The number of hydrogen-bond acceptors (Lipinski definition) is 7. The van der Waals surface area contributed by atoms with Gasteiger partial charge in [-0.25, -0.2) is 22.7 Å². The van der Waals surface area contributed by atoms with Crippen molar-refractivity contribution in [3.8, 4) is 0 Å². The van der Waals surface area contributed by atoms with Gasteiger partial charge in [-0.2, -0.15) is 0 Å². The molecule has 10 heteroatoms. The van der Waals surface area contributed by atoms with Crippen molar-refractivity contribution < 1.29 is 13.2 Å². The van der Waals surface area contributed by atoms with Crippen molar-refractivity contribution in [1.29, 1.82) is 0 Å². The van der Waals surface area contributed by atoms with Crippen LogP contribution in [0.25, 0.3) is 0 Å². The van der Waals surface area contributed by atoms with Gasteiger partial charge < -0.3 is 4.90 Å². The molecule has 158 valence electrons. The van der Waals surface area contributed by atoms with E-state index in [2.05, 4.69) is 15.3 Å². The van der Waals surface area contributed by atoms with Crippen LogP contribution >= 0.6 is 11.3 Å². The van der Waals surface area contributed by atoms with Gasteiger partial charge in [-0.15, -0.1) is 11.3 Å². The molecule has 1 aliphatic carbocycles. The second-order valence-corrected chi connectivity index (χ2v) is 10.8. The summed E-state index contributed by atoms with van der Waals surface area (Å²) in [7, 11) is 1.11. The zero-order chi connectivity index (χ0) is 21.3. The Morgan fingerprint density at radius 2 is 1.86 bits per heavy atom. The number of carbonyl (C=O) groups is 1. The molecule has 1 fully saturated rings. The summed E-state index contributed by atoms with van der Waals surface area (Å²) in [6.45, 7) is 3.82. The van der Waals surface area contributed by atoms with Crippen molar-refractivity contribution in [3.05, 3.63) is 28.4 Å². The Morgan fingerprint density at radius 1 is 1.21 bits per heavy atom. The first-order chi connectivity index (χ1) is 13.6. The lowest BCUT2D eigenvalue weighted by atomic mass is 10.1. The van der Waals surface area contributed by atoms with Gasteiger partial charge in [-0.3, -0.25) is 10.1 Å². The van der Waals surface area contributed by atoms with E-state index < -0.39 is 15.9 Å². The monoisotopic (exact) mass is 437 g/mol. The Balaban J connectivity index is 2.02. The van der Waals surface area contributed by atoms with Crippen molar-refractivity contribution in [1.82, 2.24) is 14.3 Å². The highest BCUT2D eigenvalue weighted by Crippen LogP contribution is 2.30. The minimum atomic E-state index is -3.71. The molecule has 0 unspecified atom stereocenters. The number of rotatable bonds is 6. The molecule has 29 heavy (non-hydrogen) atoms. The van der Waals surface area contributed by atoms with E-state index in [-0.39, 0.29) is 16.5 Å². The molecule has 2 aromatic heterocycles. The minimum Gasteiger partial charge on any atom is -0.356 e. The molecule has 0 radical (unpaired) electrons. The summed E-state index contributed by atoms with van der Waals surface area (Å²) < 4.78 is 26.3. The van der Waals surface area contributed by atoms with Gasteiger partial charge in [-0.05, 0) is 32.8 Å². The molecule has 1 aliphatic rings. The number of nitrogens with one attached hydrogen (secondary N) is 1. The second kappa shape index (κ2) is 8.37. The highest BCUT2D eigenvalue weighted by Gasteiger charge is 2.28. The van der Waals surface area contributed by atoms with E-state index in [9.17, 15) is 13.2 Å². The van der Waals surface area contributed by atoms with Gasteiger partial charge in [0, 0.05) is 38.3 Å². The van der Waals surface area contributed by atoms with Gasteiger partial charge in [0.05, 0.1) is 11.3 Å². The molecular weight excluding hydrogens is 410 g/mol. The standard InChI is InChI=1S/C19H27N5O3S2/c1-12-13(2)28-19(21-12)22-18(25)16-10-15(29(26,27)23(3)4)11-20-17(16)24(5)14-8-6-7-9-14/h10-11,14H,6-9H2,1-5H3,(H,21,22,25). The number of carbonyl (C=O) groups excluding carboxylic acids is 1. The molecule has 0 spiro atoms. The average molecular weight is 438 g/mol. The average Bonchev–Trinajstić information content (AvgIpc) is 3.30. The molecule has 0 aromatic carbocycles. The predicted molar refractivity (Wildman–Crippen MR) is 115 cm³/mol. The van der Waals surface area contributed by atoms with Crippen molar-refractivity contribution in [3.63, 3.8) is 0 Å². The first-order valence-electron chi connectivity index (χ1n) is 9.52. The summed E-state index contributed by atoms with van der Waals surface area (Å²) in [6, 6.07) is 1.70. The first kappa shape index (κ1) is 21.7. The van der Waals surface area contributed by atoms with Crippen molar-refractivity contribution in [2.75, 3.05) is 31.4 Å². The minimum absolute atomic E-state index is 0.0114. The Hall–Kier alpha value is -2.04. The van der Waals surface area contributed by atoms with E-state index in [4.69, 9.17) is 0 Å². The third-order valence-electron chi connectivity index (χ3n) is 5.32. The molecule has 2 aromatic rings. The van der Waals surface area contributed by atoms with Gasteiger partial charge in [0.15, 0.2) is 5.13 Å². The van der Waals surface area contributed by atoms with Crippen LogP contribution in [-0.2, 0) is 10.0 Å².